The molecule has 0 aliphatic rings. The Bertz CT molecular complexity index is 402. The van der Waals surface area contributed by atoms with Gasteiger partial charge in [0.15, 0.2) is 0 Å². The van der Waals surface area contributed by atoms with Gasteiger partial charge in [0, 0.05) is 19.2 Å². The first-order chi connectivity index (χ1) is 7.34. The number of carbonyl (C=O) groups is 1. The van der Waals surface area contributed by atoms with Gasteiger partial charge in [0.25, 0.3) is 0 Å². The van der Waals surface area contributed by atoms with Crippen molar-refractivity contribution in [2.75, 3.05) is 5.32 Å². The number of alkyl halides is 3. The van der Waals surface area contributed by atoms with Gasteiger partial charge < -0.3 is 11.1 Å². The summed E-state index contributed by atoms with van der Waals surface area (Å²) in [5, 5.41) is 2.29. The number of hydrogen-bond donors (Lipinski definition) is 2. The molecule has 1 rings (SSSR count). The maximum atomic E-state index is 12.6. The van der Waals surface area contributed by atoms with Gasteiger partial charge in [-0.15, -0.1) is 0 Å². The molecule has 3 N–H and O–H groups in total. The van der Waals surface area contributed by atoms with E-state index in [1.54, 1.807) is 0 Å². The minimum absolute atomic E-state index is 0.00148. The van der Waals surface area contributed by atoms with Gasteiger partial charge in [-0.2, -0.15) is 13.2 Å². The Labute approximate surface area is 90.4 Å². The molecule has 16 heavy (non-hydrogen) atoms. The van der Waals surface area contributed by atoms with Crippen molar-refractivity contribution < 1.29 is 18.0 Å². The molecule has 0 saturated heterocycles. The van der Waals surface area contributed by atoms with E-state index in [-0.39, 0.29) is 17.8 Å². The Morgan fingerprint density at radius 2 is 2.06 bits per heavy atom. The topological polar surface area (TPSA) is 55.1 Å². The maximum absolute atomic E-state index is 12.6. The second-order valence-corrected chi connectivity index (χ2v) is 3.25. The zero-order valence-electron chi connectivity index (χ0n) is 8.56. The lowest BCUT2D eigenvalue weighted by atomic mass is 10.1. The number of halogens is 3. The average Bonchev–Trinajstić information content (AvgIpc) is 2.15. The monoisotopic (exact) mass is 232 g/mol. The number of carbonyl (C=O) groups excluding carboxylic acids is 1. The standard InChI is InChI=1S/C10H11F3N2O/c1-6(16)15-8-3-2-7(5-14)9(4-8)10(11,12)13/h2-4H,5,14H2,1H3,(H,15,16). The third-order valence-electron chi connectivity index (χ3n) is 1.96. The predicted molar refractivity (Wildman–Crippen MR) is 53.6 cm³/mol. The molecule has 1 aromatic rings. The molecular weight excluding hydrogens is 221 g/mol. The molecule has 0 unspecified atom stereocenters. The van der Waals surface area contributed by atoms with Gasteiger partial charge in [-0.05, 0) is 17.7 Å². The van der Waals surface area contributed by atoms with Crippen LogP contribution in [0.5, 0.6) is 0 Å². The van der Waals surface area contributed by atoms with E-state index in [9.17, 15) is 18.0 Å². The fourth-order valence-electron chi connectivity index (χ4n) is 1.30. The van der Waals surface area contributed by atoms with Crippen LogP contribution in [0.25, 0.3) is 0 Å². The average molecular weight is 232 g/mol. The van der Waals surface area contributed by atoms with Gasteiger partial charge in [-0.3, -0.25) is 4.79 Å². The highest BCUT2D eigenvalue weighted by Crippen LogP contribution is 2.33. The molecule has 0 aliphatic carbocycles. The second kappa shape index (κ2) is 4.52. The Morgan fingerprint density at radius 1 is 1.44 bits per heavy atom. The lowest BCUT2D eigenvalue weighted by Crippen LogP contribution is -2.14. The lowest BCUT2D eigenvalue weighted by molar-refractivity contribution is -0.138. The van der Waals surface area contributed by atoms with E-state index in [1.165, 1.54) is 19.1 Å². The van der Waals surface area contributed by atoms with Crippen molar-refractivity contribution >= 4 is 11.6 Å². The summed E-state index contributed by atoms with van der Waals surface area (Å²) in [4.78, 5) is 10.7. The van der Waals surface area contributed by atoms with Gasteiger partial charge >= 0.3 is 6.18 Å². The Kier molecular flexibility index (Phi) is 3.54. The molecule has 0 spiro atoms. The fraction of sp³-hybridized carbons (Fsp3) is 0.300. The summed E-state index contributed by atoms with van der Waals surface area (Å²) >= 11 is 0. The summed E-state index contributed by atoms with van der Waals surface area (Å²) in [7, 11) is 0. The van der Waals surface area contributed by atoms with Crippen LogP contribution in [-0.4, -0.2) is 5.91 Å². The van der Waals surface area contributed by atoms with E-state index in [0.717, 1.165) is 6.07 Å². The van der Waals surface area contributed by atoms with E-state index in [4.69, 9.17) is 5.73 Å². The summed E-state index contributed by atoms with van der Waals surface area (Å²) in [6, 6.07) is 3.52. The van der Waals surface area contributed by atoms with E-state index in [2.05, 4.69) is 5.32 Å². The Morgan fingerprint density at radius 3 is 2.50 bits per heavy atom. The summed E-state index contributed by atoms with van der Waals surface area (Å²) < 4.78 is 37.8. The quantitative estimate of drug-likeness (QED) is 0.820. The first kappa shape index (κ1) is 12.5. The normalized spacial score (nSPS) is 11.3. The number of anilines is 1. The summed E-state index contributed by atoms with van der Waals surface area (Å²) in [6.07, 6.45) is -4.47. The van der Waals surface area contributed by atoms with Crippen LogP contribution < -0.4 is 11.1 Å². The molecule has 0 radical (unpaired) electrons. The molecule has 6 heteroatoms. The van der Waals surface area contributed by atoms with Crippen molar-refractivity contribution in [3.8, 4) is 0 Å². The molecular formula is C10H11F3N2O. The van der Waals surface area contributed by atoms with Gasteiger partial charge in [-0.1, -0.05) is 6.07 Å². The van der Waals surface area contributed by atoms with Crippen LogP contribution in [0, 0.1) is 0 Å². The SMILES string of the molecule is CC(=O)Nc1ccc(CN)c(C(F)(F)F)c1. The summed E-state index contributed by atoms with van der Waals surface area (Å²) in [5.74, 6) is -0.423. The van der Waals surface area contributed by atoms with Crippen LogP contribution in [0.15, 0.2) is 18.2 Å². The van der Waals surface area contributed by atoms with Crippen molar-refractivity contribution in [3.05, 3.63) is 29.3 Å². The Hall–Kier alpha value is -1.56. The molecule has 0 bridgehead atoms. The molecule has 88 valence electrons. The third-order valence-corrected chi connectivity index (χ3v) is 1.96. The first-order valence-electron chi connectivity index (χ1n) is 4.52. The minimum Gasteiger partial charge on any atom is -0.326 e. The molecule has 1 amide bonds. The third kappa shape index (κ3) is 2.96. The molecule has 0 heterocycles. The molecule has 0 saturated carbocycles. The van der Waals surface area contributed by atoms with Crippen molar-refractivity contribution in [2.24, 2.45) is 5.73 Å². The smallest absolute Gasteiger partial charge is 0.326 e. The zero-order chi connectivity index (χ0) is 12.3. The lowest BCUT2D eigenvalue weighted by Gasteiger charge is -2.13. The molecule has 3 nitrogen and oxygen atoms in total. The van der Waals surface area contributed by atoms with Crippen LogP contribution in [0.3, 0.4) is 0 Å². The van der Waals surface area contributed by atoms with E-state index in [0.29, 0.717) is 0 Å². The van der Waals surface area contributed by atoms with Gasteiger partial charge in [-0.25, -0.2) is 0 Å². The second-order valence-electron chi connectivity index (χ2n) is 3.25. The van der Waals surface area contributed by atoms with Crippen LogP contribution >= 0.6 is 0 Å². The summed E-state index contributed by atoms with van der Waals surface area (Å²) in [6.45, 7) is 1.03. The number of nitrogens with one attached hydrogen (secondary N) is 1. The molecule has 0 aromatic heterocycles. The molecule has 0 aliphatic heterocycles. The van der Waals surface area contributed by atoms with Crippen LogP contribution in [0.4, 0.5) is 18.9 Å². The number of nitrogens with two attached hydrogens (primary N) is 1. The zero-order valence-corrected chi connectivity index (χ0v) is 8.56. The number of benzene rings is 1. The largest absolute Gasteiger partial charge is 0.416 e. The van der Waals surface area contributed by atoms with E-state index in [1.807, 2.05) is 0 Å². The number of amides is 1. The van der Waals surface area contributed by atoms with Crippen molar-refractivity contribution in [3.63, 3.8) is 0 Å². The van der Waals surface area contributed by atoms with Crippen LogP contribution in [0.2, 0.25) is 0 Å². The molecule has 1 aromatic carbocycles. The van der Waals surface area contributed by atoms with Crippen molar-refractivity contribution in [1.29, 1.82) is 0 Å². The van der Waals surface area contributed by atoms with Gasteiger partial charge in [0.1, 0.15) is 0 Å². The predicted octanol–water partition coefficient (Wildman–Crippen LogP) is 2.12. The van der Waals surface area contributed by atoms with Crippen molar-refractivity contribution in [2.45, 2.75) is 19.6 Å². The van der Waals surface area contributed by atoms with Gasteiger partial charge in [0.2, 0.25) is 5.91 Å². The number of rotatable bonds is 2. The maximum Gasteiger partial charge on any atom is 0.416 e. The van der Waals surface area contributed by atoms with E-state index >= 15 is 0 Å². The minimum atomic E-state index is -4.47. The highest BCUT2D eigenvalue weighted by Gasteiger charge is 2.33. The van der Waals surface area contributed by atoms with Crippen molar-refractivity contribution in [1.82, 2.24) is 0 Å². The Balaban J connectivity index is 3.16. The van der Waals surface area contributed by atoms with Crippen LogP contribution in [-0.2, 0) is 17.5 Å². The molecule has 0 fully saturated rings. The highest BCUT2D eigenvalue weighted by molar-refractivity contribution is 5.88. The molecule has 0 atom stereocenters. The summed E-state index contributed by atoms with van der Waals surface area (Å²) in [5.41, 5.74) is 4.50. The van der Waals surface area contributed by atoms with Gasteiger partial charge in [0.05, 0.1) is 5.56 Å². The fourth-order valence-corrected chi connectivity index (χ4v) is 1.30. The highest BCUT2D eigenvalue weighted by atomic mass is 19.4. The first-order valence-corrected chi connectivity index (χ1v) is 4.52. The number of hydrogen-bond acceptors (Lipinski definition) is 2. The van der Waals surface area contributed by atoms with E-state index < -0.39 is 17.6 Å². The van der Waals surface area contributed by atoms with Crippen LogP contribution in [0.1, 0.15) is 18.1 Å².